The van der Waals surface area contributed by atoms with Crippen molar-refractivity contribution in [2.24, 2.45) is 0 Å². The highest BCUT2D eigenvalue weighted by atomic mass is 16.2. The Kier molecular flexibility index (Phi) is 6.27. The fourth-order valence-corrected chi connectivity index (χ4v) is 1.90. The summed E-state index contributed by atoms with van der Waals surface area (Å²) < 4.78 is 0. The van der Waals surface area contributed by atoms with Crippen LogP contribution in [0.25, 0.3) is 0 Å². The molecule has 0 radical (unpaired) electrons. The van der Waals surface area contributed by atoms with Crippen molar-refractivity contribution in [1.29, 1.82) is 0 Å². The van der Waals surface area contributed by atoms with Gasteiger partial charge in [-0.1, -0.05) is 0 Å². The highest BCUT2D eigenvalue weighted by Gasteiger charge is 2.27. The molecule has 108 valence electrons. The minimum Gasteiger partial charge on any atom is -0.358 e. The highest BCUT2D eigenvalue weighted by molar-refractivity contribution is 6.35. The van der Waals surface area contributed by atoms with Crippen molar-refractivity contribution in [3.05, 3.63) is 0 Å². The van der Waals surface area contributed by atoms with Crippen LogP contribution in [0.1, 0.15) is 13.3 Å². The van der Waals surface area contributed by atoms with Crippen LogP contribution < -0.4 is 10.6 Å². The second-order valence-corrected chi connectivity index (χ2v) is 4.39. The molecule has 1 fully saturated rings. The fraction of sp³-hybridized carbons (Fsp3) is 0.750. The minimum atomic E-state index is -0.604. The number of nitrogens with one attached hydrogen (secondary N) is 2. The first kappa shape index (κ1) is 15.4. The molecule has 1 aliphatic rings. The lowest BCUT2D eigenvalue weighted by Crippen LogP contribution is -2.48. The summed E-state index contributed by atoms with van der Waals surface area (Å²) in [6.45, 7) is 4.66. The van der Waals surface area contributed by atoms with E-state index >= 15 is 0 Å². The Hall–Kier alpha value is -1.63. The van der Waals surface area contributed by atoms with Gasteiger partial charge in [0.25, 0.3) is 0 Å². The fourth-order valence-electron chi connectivity index (χ4n) is 1.90. The third kappa shape index (κ3) is 4.51. The van der Waals surface area contributed by atoms with E-state index in [2.05, 4.69) is 10.6 Å². The Bertz CT molecular complexity index is 338. The number of amides is 3. The molecule has 0 saturated carbocycles. The average molecular weight is 270 g/mol. The van der Waals surface area contributed by atoms with Gasteiger partial charge in [-0.2, -0.15) is 0 Å². The third-order valence-electron chi connectivity index (χ3n) is 3.09. The van der Waals surface area contributed by atoms with E-state index in [1.54, 1.807) is 11.8 Å². The van der Waals surface area contributed by atoms with Crippen LogP contribution in [0, 0.1) is 0 Å². The van der Waals surface area contributed by atoms with Gasteiger partial charge in [0.2, 0.25) is 5.91 Å². The van der Waals surface area contributed by atoms with Gasteiger partial charge in [-0.15, -0.1) is 0 Å². The van der Waals surface area contributed by atoms with Crippen LogP contribution in [-0.4, -0.2) is 73.8 Å². The summed E-state index contributed by atoms with van der Waals surface area (Å²) in [6, 6.07) is 0. The number of hydrogen-bond acceptors (Lipinski definition) is 4. The molecule has 0 unspecified atom stereocenters. The van der Waals surface area contributed by atoms with Crippen molar-refractivity contribution in [1.82, 2.24) is 20.4 Å². The van der Waals surface area contributed by atoms with E-state index in [-0.39, 0.29) is 12.5 Å². The van der Waals surface area contributed by atoms with Crippen molar-refractivity contribution < 1.29 is 14.4 Å². The average Bonchev–Trinajstić information content (AvgIpc) is 2.71. The van der Waals surface area contributed by atoms with E-state index in [4.69, 9.17) is 0 Å². The standard InChI is InChI=1S/C12H22N4O3/c1-3-15(9-10(17)13-2)11(18)12(19)16-7-4-5-14-6-8-16/h14H,3-9H2,1-2H3,(H,13,17). The summed E-state index contributed by atoms with van der Waals surface area (Å²) in [4.78, 5) is 38.3. The summed E-state index contributed by atoms with van der Waals surface area (Å²) in [6.07, 6.45) is 0.834. The van der Waals surface area contributed by atoms with Crippen LogP contribution in [0.2, 0.25) is 0 Å². The lowest BCUT2D eigenvalue weighted by molar-refractivity contribution is -0.152. The lowest BCUT2D eigenvalue weighted by Gasteiger charge is -2.24. The molecule has 7 nitrogen and oxygen atoms in total. The van der Waals surface area contributed by atoms with Gasteiger partial charge in [-0.25, -0.2) is 0 Å². The van der Waals surface area contributed by atoms with Gasteiger partial charge in [0.15, 0.2) is 0 Å². The van der Waals surface area contributed by atoms with Crippen molar-refractivity contribution in [3.63, 3.8) is 0 Å². The van der Waals surface area contributed by atoms with E-state index in [1.165, 1.54) is 11.9 Å². The number of carbonyl (C=O) groups is 3. The number of hydrogen-bond donors (Lipinski definition) is 2. The van der Waals surface area contributed by atoms with Crippen LogP contribution in [0.5, 0.6) is 0 Å². The molecule has 0 atom stereocenters. The minimum absolute atomic E-state index is 0.0797. The summed E-state index contributed by atoms with van der Waals surface area (Å²) in [7, 11) is 1.50. The van der Waals surface area contributed by atoms with Crippen LogP contribution in [-0.2, 0) is 14.4 Å². The molecule has 0 spiro atoms. The first-order valence-electron chi connectivity index (χ1n) is 6.59. The topological polar surface area (TPSA) is 81.8 Å². The predicted molar refractivity (Wildman–Crippen MR) is 70.4 cm³/mol. The Morgan fingerprint density at radius 1 is 1.26 bits per heavy atom. The maximum absolute atomic E-state index is 12.1. The molecule has 1 saturated heterocycles. The Labute approximate surface area is 113 Å². The largest absolute Gasteiger partial charge is 0.358 e. The van der Waals surface area contributed by atoms with Gasteiger partial charge in [0, 0.05) is 33.2 Å². The maximum atomic E-state index is 12.1. The SMILES string of the molecule is CCN(CC(=O)NC)C(=O)C(=O)N1CCCNCC1. The summed E-state index contributed by atoms with van der Waals surface area (Å²) in [5.41, 5.74) is 0. The van der Waals surface area contributed by atoms with E-state index in [9.17, 15) is 14.4 Å². The first-order valence-corrected chi connectivity index (χ1v) is 6.59. The number of nitrogens with zero attached hydrogens (tertiary/aromatic N) is 2. The smallest absolute Gasteiger partial charge is 0.312 e. The number of rotatable bonds is 3. The van der Waals surface area contributed by atoms with Gasteiger partial charge in [-0.3, -0.25) is 14.4 Å². The summed E-state index contributed by atoms with van der Waals surface area (Å²) in [5.74, 6) is -1.40. The summed E-state index contributed by atoms with van der Waals surface area (Å²) in [5, 5.41) is 5.62. The van der Waals surface area contributed by atoms with Crippen molar-refractivity contribution in [2.75, 3.05) is 46.3 Å². The molecule has 2 N–H and O–H groups in total. The van der Waals surface area contributed by atoms with Gasteiger partial charge < -0.3 is 20.4 Å². The van der Waals surface area contributed by atoms with Crippen LogP contribution in [0.3, 0.4) is 0 Å². The molecule has 0 aromatic carbocycles. The Morgan fingerprint density at radius 3 is 2.63 bits per heavy atom. The third-order valence-corrected chi connectivity index (χ3v) is 3.09. The second-order valence-electron chi connectivity index (χ2n) is 4.39. The molecule has 0 bridgehead atoms. The number of carbonyl (C=O) groups excluding carboxylic acids is 3. The molecule has 0 aliphatic carbocycles. The Morgan fingerprint density at radius 2 is 2.00 bits per heavy atom. The zero-order valence-corrected chi connectivity index (χ0v) is 11.6. The van der Waals surface area contributed by atoms with E-state index in [1.807, 2.05) is 0 Å². The molecule has 19 heavy (non-hydrogen) atoms. The predicted octanol–water partition coefficient (Wildman–Crippen LogP) is -1.60. The highest BCUT2D eigenvalue weighted by Crippen LogP contribution is 2.00. The molecule has 3 amide bonds. The van der Waals surface area contributed by atoms with E-state index in [0.29, 0.717) is 26.2 Å². The lowest BCUT2D eigenvalue weighted by atomic mass is 10.3. The van der Waals surface area contributed by atoms with Crippen LogP contribution in [0.4, 0.5) is 0 Å². The van der Waals surface area contributed by atoms with Gasteiger partial charge >= 0.3 is 11.8 Å². The summed E-state index contributed by atoms with van der Waals surface area (Å²) >= 11 is 0. The van der Waals surface area contributed by atoms with E-state index < -0.39 is 11.8 Å². The quantitative estimate of drug-likeness (QED) is 0.605. The molecular weight excluding hydrogens is 248 g/mol. The molecule has 0 aromatic heterocycles. The van der Waals surface area contributed by atoms with Crippen molar-refractivity contribution >= 4 is 17.7 Å². The molecule has 1 aliphatic heterocycles. The van der Waals surface area contributed by atoms with Crippen LogP contribution >= 0.6 is 0 Å². The zero-order chi connectivity index (χ0) is 14.3. The zero-order valence-electron chi connectivity index (χ0n) is 11.6. The van der Waals surface area contributed by atoms with Gasteiger partial charge in [0.05, 0.1) is 6.54 Å². The molecular formula is C12H22N4O3. The normalized spacial score (nSPS) is 15.6. The molecule has 0 aromatic rings. The molecule has 1 heterocycles. The number of likely N-dealkylation sites (N-methyl/N-ethyl adjacent to an activating group) is 2. The van der Waals surface area contributed by atoms with Crippen LogP contribution in [0.15, 0.2) is 0 Å². The van der Waals surface area contributed by atoms with Gasteiger partial charge in [0.1, 0.15) is 0 Å². The monoisotopic (exact) mass is 270 g/mol. The van der Waals surface area contributed by atoms with Crippen molar-refractivity contribution in [2.45, 2.75) is 13.3 Å². The first-order chi connectivity index (χ1) is 9.10. The second kappa shape index (κ2) is 7.73. The maximum Gasteiger partial charge on any atom is 0.312 e. The molecule has 7 heteroatoms. The van der Waals surface area contributed by atoms with Gasteiger partial charge in [-0.05, 0) is 19.9 Å². The molecule has 1 rings (SSSR count). The van der Waals surface area contributed by atoms with E-state index in [0.717, 1.165) is 13.0 Å². The Balaban J connectivity index is 2.62. The van der Waals surface area contributed by atoms with Crippen molar-refractivity contribution in [3.8, 4) is 0 Å².